The minimum atomic E-state index is -0.238. The topological polar surface area (TPSA) is 29.5 Å². The molecule has 0 N–H and O–H groups in total. The molecule has 4 nitrogen and oxygen atoms in total. The molecule has 1 atom stereocenters. The summed E-state index contributed by atoms with van der Waals surface area (Å²) in [6, 6.07) is 22.5. The van der Waals surface area contributed by atoms with Crippen LogP contribution in [0.25, 0.3) is 0 Å². The molecule has 0 unspecified atom stereocenters. The Morgan fingerprint density at radius 1 is 1.09 bits per heavy atom. The van der Waals surface area contributed by atoms with Crippen LogP contribution < -0.4 is 17.3 Å². The fourth-order valence-electron chi connectivity index (χ4n) is 4.92. The fraction of sp³-hybridized carbons (Fsp3) is 0.346. The molecule has 1 amide bonds. The van der Waals surface area contributed by atoms with Crippen molar-refractivity contribution in [2.45, 2.75) is 30.4 Å². The smallest absolute Gasteiger partial charge is 0.415 e. The average Bonchev–Trinajstić information content (AvgIpc) is 3.28. The Labute approximate surface area is 224 Å². The van der Waals surface area contributed by atoms with E-state index in [2.05, 4.69) is 57.7 Å². The van der Waals surface area contributed by atoms with Crippen molar-refractivity contribution in [2.75, 3.05) is 30.4 Å². The summed E-state index contributed by atoms with van der Waals surface area (Å²) in [5, 5.41) is 2.05. The molecule has 8 heteroatoms. The minimum absolute atomic E-state index is 0. The number of thioether (sulfide) groups is 1. The first-order valence-electron chi connectivity index (χ1n) is 11.4. The van der Waals surface area contributed by atoms with Gasteiger partial charge in [-0.1, -0.05) is 48.2 Å². The number of fused-ring (bicyclic) bond motifs is 3. The third-order valence-corrected chi connectivity index (χ3v) is 9.73. The number of rotatable bonds is 7. The zero-order chi connectivity index (χ0) is 22.7. The van der Waals surface area contributed by atoms with E-state index < -0.39 is 0 Å². The minimum Gasteiger partial charge on any atom is -1.00 e. The quantitative estimate of drug-likeness (QED) is 0.313. The number of quaternary nitrogens is 1. The van der Waals surface area contributed by atoms with E-state index in [0.717, 1.165) is 44.8 Å². The van der Waals surface area contributed by atoms with E-state index in [9.17, 15) is 4.79 Å². The molecule has 3 aromatic rings. The lowest BCUT2D eigenvalue weighted by Gasteiger charge is -2.51. The second kappa shape index (κ2) is 11.5. The van der Waals surface area contributed by atoms with Crippen LogP contribution in [0.2, 0.25) is 0 Å². The van der Waals surface area contributed by atoms with Gasteiger partial charge in [0.1, 0.15) is 12.4 Å². The molecule has 3 aliphatic rings. The van der Waals surface area contributed by atoms with Gasteiger partial charge in [-0.05, 0) is 46.3 Å². The normalized spacial score (nSPS) is 23.2. The molecule has 3 aliphatic heterocycles. The van der Waals surface area contributed by atoms with Crippen LogP contribution in [0, 0.1) is 5.92 Å². The summed E-state index contributed by atoms with van der Waals surface area (Å²) < 4.78 is 8.34. The van der Waals surface area contributed by atoms with Gasteiger partial charge in [0.15, 0.2) is 6.10 Å². The molecule has 34 heavy (non-hydrogen) atoms. The van der Waals surface area contributed by atoms with Gasteiger partial charge >= 0.3 is 6.09 Å². The van der Waals surface area contributed by atoms with Gasteiger partial charge in [-0.25, -0.2) is 4.79 Å². The number of thiophene rings is 1. The highest BCUT2D eigenvalue weighted by Crippen LogP contribution is 2.38. The number of ether oxygens (including phenoxy) is 1. The summed E-state index contributed by atoms with van der Waals surface area (Å²) in [6.45, 7) is 3.80. The van der Waals surface area contributed by atoms with E-state index in [1.807, 2.05) is 42.1 Å². The monoisotopic (exact) mass is 578 g/mol. The van der Waals surface area contributed by atoms with E-state index in [0.29, 0.717) is 12.5 Å². The van der Waals surface area contributed by atoms with E-state index >= 15 is 0 Å². The lowest BCUT2D eigenvalue weighted by Crippen LogP contribution is -3.00. The number of hydrogen-bond acceptors (Lipinski definition) is 4. The summed E-state index contributed by atoms with van der Waals surface area (Å²) >= 11 is 7.10. The Morgan fingerprint density at radius 3 is 2.41 bits per heavy atom. The van der Waals surface area contributed by atoms with Gasteiger partial charge in [-0.2, -0.15) is 0 Å². The predicted octanol–water partition coefficient (Wildman–Crippen LogP) is 4.02. The number of halogens is 2. The van der Waals surface area contributed by atoms with Crippen LogP contribution in [-0.2, 0) is 11.3 Å². The fourth-order valence-corrected chi connectivity index (χ4v) is 7.49. The zero-order valence-electron chi connectivity index (χ0n) is 18.8. The summed E-state index contributed by atoms with van der Waals surface area (Å²) in [7, 11) is 0. The number of piperidine rings is 3. The SMILES string of the molecule is O=C(O[C@H]1C[N+]2(CSc3ccccc3)CCC1CC2)N(Cc1cc(Br)cs1)c1ccccc1.[Cl-]. The third kappa shape index (κ3) is 6.00. The van der Waals surface area contributed by atoms with Gasteiger partial charge in [0.05, 0.1) is 19.6 Å². The highest BCUT2D eigenvalue weighted by atomic mass is 79.9. The van der Waals surface area contributed by atoms with Gasteiger partial charge < -0.3 is 21.6 Å². The van der Waals surface area contributed by atoms with Gasteiger partial charge in [0, 0.05) is 44.1 Å². The van der Waals surface area contributed by atoms with E-state index in [1.165, 1.54) is 18.0 Å². The molecule has 180 valence electrons. The van der Waals surface area contributed by atoms with Crippen molar-refractivity contribution in [3.63, 3.8) is 0 Å². The predicted molar refractivity (Wildman–Crippen MR) is 140 cm³/mol. The highest BCUT2D eigenvalue weighted by Gasteiger charge is 2.48. The average molecular weight is 580 g/mol. The Morgan fingerprint density at radius 2 is 1.76 bits per heavy atom. The zero-order valence-corrected chi connectivity index (χ0v) is 22.8. The van der Waals surface area contributed by atoms with Crippen molar-refractivity contribution in [3.8, 4) is 0 Å². The summed E-state index contributed by atoms with van der Waals surface area (Å²) in [5.74, 6) is 1.51. The number of nitrogens with zero attached hydrogens (tertiary/aromatic N) is 2. The Bertz CT molecular complexity index is 1070. The molecule has 4 heterocycles. The highest BCUT2D eigenvalue weighted by molar-refractivity contribution is 9.10. The molecule has 0 radical (unpaired) electrons. The lowest BCUT2D eigenvalue weighted by molar-refractivity contribution is -0.934. The first-order chi connectivity index (χ1) is 16.1. The number of amides is 1. The van der Waals surface area contributed by atoms with Crippen molar-refractivity contribution in [3.05, 3.63) is 81.5 Å². The number of para-hydroxylation sites is 1. The van der Waals surface area contributed by atoms with Crippen molar-refractivity contribution in [1.29, 1.82) is 0 Å². The van der Waals surface area contributed by atoms with Crippen molar-refractivity contribution < 1.29 is 26.4 Å². The van der Waals surface area contributed by atoms with Crippen LogP contribution in [0.15, 0.2) is 81.5 Å². The number of anilines is 1. The first-order valence-corrected chi connectivity index (χ1v) is 14.1. The number of carbonyl (C=O) groups is 1. The molecular formula is C26H28BrClN2O2S2. The summed E-state index contributed by atoms with van der Waals surface area (Å²) in [6.07, 6.45) is 2.02. The van der Waals surface area contributed by atoms with Crippen molar-refractivity contribution >= 4 is 50.8 Å². The number of carbonyl (C=O) groups excluding carboxylic acids is 1. The Hall–Kier alpha value is -1.51. The standard InChI is InChI=1S/C26H28BrN2O2S2.ClH/c27-21-15-24(32-18-21)16-28(22-7-3-1-4-8-22)26(30)31-25-17-29(13-11-20(25)12-14-29)19-33-23-9-5-2-6-10-23;/h1-10,15,18,20,25H,11-14,16-17,19H2;1H/q+1;/p-1/t20?,25-,29?;/m0./s1. The van der Waals surface area contributed by atoms with E-state index in [-0.39, 0.29) is 24.6 Å². The number of hydrogen-bond donors (Lipinski definition) is 0. The molecule has 0 spiro atoms. The van der Waals surface area contributed by atoms with E-state index in [4.69, 9.17) is 4.74 Å². The number of benzene rings is 2. The molecule has 2 bridgehead atoms. The van der Waals surface area contributed by atoms with Crippen LogP contribution in [0.4, 0.5) is 10.5 Å². The molecule has 0 saturated carbocycles. The second-order valence-corrected chi connectivity index (χ2v) is 11.9. The van der Waals surface area contributed by atoms with Crippen LogP contribution in [0.1, 0.15) is 17.7 Å². The molecule has 6 rings (SSSR count). The maximum absolute atomic E-state index is 13.5. The molecule has 3 saturated heterocycles. The van der Waals surface area contributed by atoms with Gasteiger partial charge in [0.2, 0.25) is 0 Å². The second-order valence-electron chi connectivity index (χ2n) is 8.97. The third-order valence-electron chi connectivity index (χ3n) is 6.77. The molecule has 1 aromatic heterocycles. The maximum atomic E-state index is 13.5. The Kier molecular flexibility index (Phi) is 8.64. The molecule has 0 aliphatic carbocycles. The Balaban J connectivity index is 0.00000274. The van der Waals surface area contributed by atoms with Crippen LogP contribution in [-0.4, -0.2) is 42.2 Å². The lowest BCUT2D eigenvalue weighted by atomic mass is 9.84. The maximum Gasteiger partial charge on any atom is 0.415 e. The summed E-state index contributed by atoms with van der Waals surface area (Å²) in [4.78, 5) is 17.7. The van der Waals surface area contributed by atoms with Gasteiger partial charge in [-0.15, -0.1) is 11.3 Å². The molecule has 3 fully saturated rings. The van der Waals surface area contributed by atoms with E-state index in [1.54, 1.807) is 16.2 Å². The van der Waals surface area contributed by atoms with Crippen LogP contribution in [0.3, 0.4) is 0 Å². The van der Waals surface area contributed by atoms with Gasteiger partial charge in [0.25, 0.3) is 0 Å². The first kappa shape index (κ1) is 25.6. The molecular weight excluding hydrogens is 552 g/mol. The molecule has 2 aromatic carbocycles. The van der Waals surface area contributed by atoms with Gasteiger partial charge in [-0.3, -0.25) is 4.90 Å². The summed E-state index contributed by atoms with van der Waals surface area (Å²) in [5.41, 5.74) is 0.872. The van der Waals surface area contributed by atoms with Crippen LogP contribution in [0.5, 0.6) is 0 Å². The van der Waals surface area contributed by atoms with Crippen molar-refractivity contribution in [2.24, 2.45) is 5.92 Å². The van der Waals surface area contributed by atoms with Crippen LogP contribution >= 0.6 is 39.0 Å². The van der Waals surface area contributed by atoms with Crippen molar-refractivity contribution in [1.82, 2.24) is 0 Å². The largest absolute Gasteiger partial charge is 1.00 e.